The Morgan fingerprint density at radius 1 is 1.11 bits per heavy atom. The average molecular weight is 251 g/mol. The third-order valence-corrected chi connectivity index (χ3v) is 3.25. The minimum Gasteiger partial charge on any atom is -0.492 e. The number of ether oxygens (including phenoxy) is 1. The molecule has 3 nitrogen and oxygen atoms in total. The van der Waals surface area contributed by atoms with Gasteiger partial charge in [-0.05, 0) is 43.6 Å². The number of nitrogens with zero attached hydrogens (tertiary/aromatic N) is 1. The molecule has 0 unspecified atom stereocenters. The second-order valence-corrected chi connectivity index (χ2v) is 4.59. The van der Waals surface area contributed by atoms with Crippen molar-refractivity contribution in [3.63, 3.8) is 0 Å². The second-order valence-electron chi connectivity index (χ2n) is 4.59. The minimum absolute atomic E-state index is 0.0847. The van der Waals surface area contributed by atoms with E-state index in [1.54, 1.807) is 0 Å². The minimum atomic E-state index is 0.0847. The zero-order valence-electron chi connectivity index (χ0n) is 12.0. The fraction of sp³-hybridized carbons (Fsp3) is 0.600. The predicted molar refractivity (Wildman–Crippen MR) is 75.1 cm³/mol. The smallest absolute Gasteiger partial charge is 0.125 e. The van der Waals surface area contributed by atoms with E-state index in [9.17, 15) is 0 Å². The Morgan fingerprint density at radius 2 is 1.67 bits per heavy atom. The zero-order valence-corrected chi connectivity index (χ0v) is 12.0. The molecule has 1 aromatic carbocycles. The summed E-state index contributed by atoms with van der Waals surface area (Å²) in [6.07, 6.45) is 0. The number of aliphatic hydroxyl groups is 1. The Bertz CT molecular complexity index is 350. The first kappa shape index (κ1) is 15.0. The van der Waals surface area contributed by atoms with Crippen LogP contribution in [0.2, 0.25) is 0 Å². The largest absolute Gasteiger partial charge is 0.492 e. The van der Waals surface area contributed by atoms with E-state index in [0.717, 1.165) is 42.1 Å². The van der Waals surface area contributed by atoms with Crippen molar-refractivity contribution in [3.05, 3.63) is 28.8 Å². The van der Waals surface area contributed by atoms with Crippen LogP contribution >= 0.6 is 0 Å². The van der Waals surface area contributed by atoms with E-state index in [-0.39, 0.29) is 6.61 Å². The van der Waals surface area contributed by atoms with Gasteiger partial charge in [-0.1, -0.05) is 26.0 Å². The summed E-state index contributed by atoms with van der Waals surface area (Å²) in [6.45, 7) is 12.2. The molecular weight excluding hydrogens is 226 g/mol. The van der Waals surface area contributed by atoms with Crippen molar-refractivity contribution in [1.29, 1.82) is 0 Å². The first-order chi connectivity index (χ1) is 8.62. The molecule has 0 bridgehead atoms. The highest BCUT2D eigenvalue weighted by molar-refractivity contribution is 5.43. The lowest BCUT2D eigenvalue weighted by molar-refractivity contribution is 0.221. The lowest BCUT2D eigenvalue weighted by Crippen LogP contribution is -2.28. The lowest BCUT2D eigenvalue weighted by Gasteiger charge is -2.19. The second kappa shape index (κ2) is 7.39. The molecule has 102 valence electrons. The van der Waals surface area contributed by atoms with Crippen LogP contribution < -0.4 is 4.74 Å². The third-order valence-electron chi connectivity index (χ3n) is 3.25. The van der Waals surface area contributed by atoms with Crippen molar-refractivity contribution < 1.29 is 9.84 Å². The monoisotopic (exact) mass is 251 g/mol. The number of benzene rings is 1. The van der Waals surface area contributed by atoms with Crippen LogP contribution in [0.3, 0.4) is 0 Å². The van der Waals surface area contributed by atoms with Gasteiger partial charge in [-0.15, -0.1) is 0 Å². The van der Waals surface area contributed by atoms with Crippen LogP contribution in [0.5, 0.6) is 5.75 Å². The summed E-state index contributed by atoms with van der Waals surface area (Å²) in [7, 11) is 0. The molecule has 0 aliphatic heterocycles. The highest BCUT2D eigenvalue weighted by atomic mass is 16.5. The van der Waals surface area contributed by atoms with Crippen LogP contribution in [0.15, 0.2) is 12.1 Å². The van der Waals surface area contributed by atoms with Crippen molar-refractivity contribution in [2.45, 2.75) is 34.3 Å². The summed E-state index contributed by atoms with van der Waals surface area (Å²) in [5.41, 5.74) is 3.14. The quantitative estimate of drug-likeness (QED) is 0.808. The molecule has 1 rings (SSSR count). The molecule has 0 heterocycles. The van der Waals surface area contributed by atoms with E-state index in [1.165, 1.54) is 0 Å². The highest BCUT2D eigenvalue weighted by Gasteiger charge is 2.07. The van der Waals surface area contributed by atoms with E-state index < -0.39 is 0 Å². The van der Waals surface area contributed by atoms with Gasteiger partial charge in [0, 0.05) is 6.54 Å². The van der Waals surface area contributed by atoms with E-state index >= 15 is 0 Å². The molecule has 0 spiro atoms. The van der Waals surface area contributed by atoms with Gasteiger partial charge in [-0.3, -0.25) is 0 Å². The van der Waals surface area contributed by atoms with Gasteiger partial charge in [0.15, 0.2) is 0 Å². The fourth-order valence-corrected chi connectivity index (χ4v) is 2.18. The SMILES string of the molecule is CCN(CC)CCOc1c(C)cc(CO)cc1C. The van der Waals surface area contributed by atoms with Crippen molar-refractivity contribution in [1.82, 2.24) is 4.90 Å². The Labute approximate surface area is 110 Å². The fourth-order valence-electron chi connectivity index (χ4n) is 2.18. The molecule has 0 aliphatic rings. The highest BCUT2D eigenvalue weighted by Crippen LogP contribution is 2.24. The molecule has 0 aliphatic carbocycles. The maximum Gasteiger partial charge on any atom is 0.125 e. The lowest BCUT2D eigenvalue weighted by atomic mass is 10.1. The number of aryl methyl sites for hydroxylation is 2. The summed E-state index contributed by atoms with van der Waals surface area (Å²) in [4.78, 5) is 2.34. The molecule has 18 heavy (non-hydrogen) atoms. The van der Waals surface area contributed by atoms with Crippen LogP contribution in [0, 0.1) is 13.8 Å². The number of hydrogen-bond donors (Lipinski definition) is 1. The molecule has 0 saturated heterocycles. The molecule has 0 radical (unpaired) electrons. The maximum atomic E-state index is 9.14. The van der Waals surface area contributed by atoms with Crippen LogP contribution in [-0.4, -0.2) is 36.2 Å². The number of aliphatic hydroxyl groups excluding tert-OH is 1. The number of hydrogen-bond acceptors (Lipinski definition) is 3. The summed E-state index contributed by atoms with van der Waals surface area (Å²) in [6, 6.07) is 3.97. The Hall–Kier alpha value is -1.06. The summed E-state index contributed by atoms with van der Waals surface area (Å²) in [5, 5.41) is 9.14. The van der Waals surface area contributed by atoms with Crippen LogP contribution in [-0.2, 0) is 6.61 Å². The van der Waals surface area contributed by atoms with Crippen molar-refractivity contribution in [2.24, 2.45) is 0 Å². The van der Waals surface area contributed by atoms with E-state index in [0.29, 0.717) is 6.61 Å². The summed E-state index contributed by atoms with van der Waals surface area (Å²) < 4.78 is 5.88. The van der Waals surface area contributed by atoms with E-state index in [4.69, 9.17) is 9.84 Å². The van der Waals surface area contributed by atoms with Gasteiger partial charge in [0.25, 0.3) is 0 Å². The molecule has 0 saturated carbocycles. The van der Waals surface area contributed by atoms with E-state index in [1.807, 2.05) is 26.0 Å². The molecule has 1 N–H and O–H groups in total. The predicted octanol–water partition coefficient (Wildman–Crippen LogP) is 2.52. The molecule has 1 aromatic rings. The summed E-state index contributed by atoms with van der Waals surface area (Å²) >= 11 is 0. The normalized spacial score (nSPS) is 11.0. The van der Waals surface area contributed by atoms with Crippen LogP contribution in [0.4, 0.5) is 0 Å². The first-order valence-corrected chi connectivity index (χ1v) is 6.68. The third kappa shape index (κ3) is 4.00. The molecular formula is C15H25NO2. The van der Waals surface area contributed by atoms with E-state index in [2.05, 4.69) is 18.7 Å². The van der Waals surface area contributed by atoms with Crippen molar-refractivity contribution >= 4 is 0 Å². The number of likely N-dealkylation sites (N-methyl/N-ethyl adjacent to an activating group) is 1. The van der Waals surface area contributed by atoms with Gasteiger partial charge in [0.2, 0.25) is 0 Å². The zero-order chi connectivity index (χ0) is 13.5. The van der Waals surface area contributed by atoms with Crippen molar-refractivity contribution in [2.75, 3.05) is 26.2 Å². The first-order valence-electron chi connectivity index (χ1n) is 6.68. The van der Waals surface area contributed by atoms with Crippen LogP contribution in [0.25, 0.3) is 0 Å². The van der Waals surface area contributed by atoms with Gasteiger partial charge in [0.05, 0.1) is 6.61 Å². The van der Waals surface area contributed by atoms with Crippen LogP contribution in [0.1, 0.15) is 30.5 Å². The maximum absolute atomic E-state index is 9.14. The molecule has 0 atom stereocenters. The van der Waals surface area contributed by atoms with Gasteiger partial charge < -0.3 is 14.7 Å². The molecule has 0 aromatic heterocycles. The Morgan fingerprint density at radius 3 is 2.11 bits per heavy atom. The number of rotatable bonds is 7. The van der Waals surface area contributed by atoms with Gasteiger partial charge >= 0.3 is 0 Å². The molecule has 0 amide bonds. The Kier molecular flexibility index (Phi) is 6.16. The van der Waals surface area contributed by atoms with Gasteiger partial charge in [-0.25, -0.2) is 0 Å². The topological polar surface area (TPSA) is 32.7 Å². The van der Waals surface area contributed by atoms with Gasteiger partial charge in [0.1, 0.15) is 12.4 Å². The summed E-state index contributed by atoms with van der Waals surface area (Å²) in [5.74, 6) is 0.958. The molecule has 0 fully saturated rings. The Balaban J connectivity index is 2.62. The average Bonchev–Trinajstić information content (AvgIpc) is 2.37. The molecule has 3 heteroatoms. The van der Waals surface area contributed by atoms with Gasteiger partial charge in [-0.2, -0.15) is 0 Å². The van der Waals surface area contributed by atoms with Crippen molar-refractivity contribution in [3.8, 4) is 5.75 Å². The standard InChI is InChI=1S/C15H25NO2/c1-5-16(6-2)7-8-18-15-12(3)9-14(11-17)10-13(15)4/h9-10,17H,5-8,11H2,1-4H3.